The molecule has 2 heterocycles. The highest BCUT2D eigenvalue weighted by atomic mass is 19.3. The summed E-state index contributed by atoms with van der Waals surface area (Å²) in [6.07, 6.45) is -5.05. The highest BCUT2D eigenvalue weighted by Gasteiger charge is 2.51. The Hall–Kier alpha value is -3.00. The number of carbonyl (C=O) groups excluding carboxylic acids is 1. The first-order valence-electron chi connectivity index (χ1n) is 8.00. The molecule has 26 heavy (non-hydrogen) atoms. The second-order valence-electron chi connectivity index (χ2n) is 6.08. The molecule has 0 unspecified atom stereocenters. The van der Waals surface area contributed by atoms with Crippen LogP contribution in [0.5, 0.6) is 5.75 Å². The summed E-state index contributed by atoms with van der Waals surface area (Å²) < 4.78 is 32.9. The standard InChI is InChI=1S/C18H15F2N3O3/c1-10(24)11-5-4-8-14-16(11)26-18(19,20)17(25)23(14)9-15-21-12-6-2-3-7-13(12)22-15/h2-8,10,24H,9H2,1H3,(H,21,22)/t10-/m0/s1. The zero-order chi connectivity index (χ0) is 18.5. The van der Waals surface area contributed by atoms with E-state index >= 15 is 0 Å². The molecule has 1 atom stereocenters. The Balaban J connectivity index is 1.80. The maximum atomic E-state index is 14.2. The highest BCUT2D eigenvalue weighted by molar-refractivity contribution is 6.01. The molecule has 4 rings (SSSR count). The molecule has 0 spiro atoms. The SMILES string of the molecule is C[C@H](O)c1cccc2c1OC(F)(F)C(=O)N2Cc1nc2ccccc2[nH]1. The fraction of sp³-hybridized carbons (Fsp3) is 0.222. The van der Waals surface area contributed by atoms with Gasteiger partial charge in [-0.3, -0.25) is 9.69 Å². The van der Waals surface area contributed by atoms with Crippen LogP contribution in [0.4, 0.5) is 14.5 Å². The maximum Gasteiger partial charge on any atom is 0.483 e. The third kappa shape index (κ3) is 2.59. The number of aromatic amines is 1. The second kappa shape index (κ2) is 5.77. The molecule has 1 aliphatic rings. The molecule has 1 aromatic heterocycles. The first-order valence-corrected chi connectivity index (χ1v) is 8.00. The number of nitrogens with one attached hydrogen (secondary N) is 1. The van der Waals surface area contributed by atoms with E-state index in [1.807, 2.05) is 12.1 Å². The van der Waals surface area contributed by atoms with Crippen molar-refractivity contribution in [3.63, 3.8) is 0 Å². The Labute approximate surface area is 147 Å². The number of para-hydroxylation sites is 3. The van der Waals surface area contributed by atoms with Crippen LogP contribution in [0.2, 0.25) is 0 Å². The van der Waals surface area contributed by atoms with Crippen LogP contribution in [-0.4, -0.2) is 27.1 Å². The van der Waals surface area contributed by atoms with E-state index in [9.17, 15) is 18.7 Å². The minimum absolute atomic E-state index is 0.166. The molecular formula is C18H15F2N3O3. The van der Waals surface area contributed by atoms with Crippen molar-refractivity contribution in [2.75, 3.05) is 4.90 Å². The average Bonchev–Trinajstić information content (AvgIpc) is 3.00. The van der Waals surface area contributed by atoms with Gasteiger partial charge in [-0.1, -0.05) is 24.3 Å². The largest absolute Gasteiger partial charge is 0.483 e. The zero-order valence-corrected chi connectivity index (χ0v) is 13.7. The molecule has 8 heteroatoms. The molecule has 134 valence electrons. The van der Waals surface area contributed by atoms with Gasteiger partial charge in [0.25, 0.3) is 0 Å². The van der Waals surface area contributed by atoms with Crippen LogP contribution in [0.15, 0.2) is 42.5 Å². The van der Waals surface area contributed by atoms with E-state index in [1.54, 1.807) is 18.2 Å². The summed E-state index contributed by atoms with van der Waals surface area (Å²) in [5, 5.41) is 9.84. The number of anilines is 1. The maximum absolute atomic E-state index is 14.2. The Morgan fingerprint density at radius 1 is 1.27 bits per heavy atom. The number of nitrogens with zero attached hydrogens (tertiary/aromatic N) is 2. The number of amides is 1. The molecular weight excluding hydrogens is 344 g/mol. The molecule has 0 fully saturated rings. The van der Waals surface area contributed by atoms with Crippen molar-refractivity contribution in [2.45, 2.75) is 25.7 Å². The van der Waals surface area contributed by atoms with Crippen molar-refractivity contribution in [2.24, 2.45) is 0 Å². The quantitative estimate of drug-likeness (QED) is 0.753. The minimum atomic E-state index is -4.02. The lowest BCUT2D eigenvalue weighted by Gasteiger charge is -2.34. The number of aliphatic hydroxyl groups excluding tert-OH is 1. The third-order valence-electron chi connectivity index (χ3n) is 4.24. The summed E-state index contributed by atoms with van der Waals surface area (Å²) in [6.45, 7) is 1.26. The smallest absolute Gasteiger partial charge is 0.423 e. The van der Waals surface area contributed by atoms with Gasteiger partial charge in [-0.15, -0.1) is 0 Å². The highest BCUT2D eigenvalue weighted by Crippen LogP contribution is 2.44. The van der Waals surface area contributed by atoms with Crippen LogP contribution >= 0.6 is 0 Å². The first-order chi connectivity index (χ1) is 12.4. The van der Waals surface area contributed by atoms with E-state index in [0.717, 1.165) is 10.4 Å². The number of halogens is 2. The van der Waals surface area contributed by atoms with Crippen LogP contribution in [0.3, 0.4) is 0 Å². The minimum Gasteiger partial charge on any atom is -0.423 e. The van der Waals surface area contributed by atoms with Gasteiger partial charge < -0.3 is 14.8 Å². The van der Waals surface area contributed by atoms with Gasteiger partial charge in [0, 0.05) is 5.56 Å². The number of imidazole rings is 1. The van der Waals surface area contributed by atoms with Crippen LogP contribution in [0.1, 0.15) is 24.4 Å². The number of hydrogen-bond acceptors (Lipinski definition) is 4. The lowest BCUT2D eigenvalue weighted by atomic mass is 10.1. The summed E-state index contributed by atoms with van der Waals surface area (Å²) in [5.41, 5.74) is 1.77. The number of fused-ring (bicyclic) bond motifs is 2. The monoisotopic (exact) mass is 359 g/mol. The van der Waals surface area contributed by atoms with Crippen molar-refractivity contribution in [3.05, 3.63) is 53.9 Å². The number of benzene rings is 2. The molecule has 2 aromatic carbocycles. The normalized spacial score (nSPS) is 17.1. The van der Waals surface area contributed by atoms with Crippen LogP contribution in [0, 0.1) is 0 Å². The summed E-state index contributed by atoms with van der Waals surface area (Å²) in [7, 11) is 0. The van der Waals surface area contributed by atoms with Crippen molar-refractivity contribution >= 4 is 22.6 Å². The average molecular weight is 359 g/mol. The van der Waals surface area contributed by atoms with Gasteiger partial charge in [-0.25, -0.2) is 4.98 Å². The Morgan fingerprint density at radius 2 is 2.04 bits per heavy atom. The van der Waals surface area contributed by atoms with Gasteiger partial charge in [0.1, 0.15) is 5.82 Å². The number of rotatable bonds is 3. The predicted molar refractivity (Wildman–Crippen MR) is 89.9 cm³/mol. The van der Waals surface area contributed by atoms with Gasteiger partial charge in [-0.05, 0) is 25.1 Å². The van der Waals surface area contributed by atoms with Crippen molar-refractivity contribution in [1.82, 2.24) is 9.97 Å². The lowest BCUT2D eigenvalue weighted by Crippen LogP contribution is -2.50. The zero-order valence-electron chi connectivity index (χ0n) is 13.7. The summed E-state index contributed by atoms with van der Waals surface area (Å²) in [6, 6.07) is 11.8. The van der Waals surface area contributed by atoms with E-state index < -0.39 is 18.1 Å². The summed E-state index contributed by atoms with van der Waals surface area (Å²) in [4.78, 5) is 20.5. The van der Waals surface area contributed by atoms with Crippen LogP contribution in [-0.2, 0) is 11.3 Å². The molecule has 0 aliphatic carbocycles. The van der Waals surface area contributed by atoms with Crippen molar-refractivity contribution < 1.29 is 23.4 Å². The fourth-order valence-electron chi connectivity index (χ4n) is 3.02. The molecule has 0 radical (unpaired) electrons. The van der Waals surface area contributed by atoms with E-state index in [1.165, 1.54) is 19.1 Å². The fourth-order valence-corrected chi connectivity index (χ4v) is 3.02. The molecule has 0 saturated heterocycles. The van der Waals surface area contributed by atoms with E-state index in [4.69, 9.17) is 0 Å². The van der Waals surface area contributed by atoms with Gasteiger partial charge in [0.05, 0.1) is 29.4 Å². The molecule has 1 aliphatic heterocycles. The van der Waals surface area contributed by atoms with E-state index in [-0.39, 0.29) is 23.5 Å². The number of hydrogen-bond donors (Lipinski definition) is 2. The van der Waals surface area contributed by atoms with Crippen molar-refractivity contribution in [1.29, 1.82) is 0 Å². The number of alkyl halides is 2. The molecule has 6 nitrogen and oxygen atoms in total. The Kier molecular flexibility index (Phi) is 3.66. The number of carbonyl (C=O) groups is 1. The van der Waals surface area contributed by atoms with Crippen LogP contribution in [0.25, 0.3) is 11.0 Å². The topological polar surface area (TPSA) is 78.5 Å². The van der Waals surface area contributed by atoms with Gasteiger partial charge >= 0.3 is 12.0 Å². The second-order valence-corrected chi connectivity index (χ2v) is 6.08. The number of aromatic nitrogens is 2. The molecule has 3 aromatic rings. The van der Waals surface area contributed by atoms with Crippen molar-refractivity contribution in [3.8, 4) is 5.75 Å². The van der Waals surface area contributed by atoms with Crippen LogP contribution < -0.4 is 9.64 Å². The summed E-state index contributed by atoms with van der Waals surface area (Å²) in [5.74, 6) is -1.32. The van der Waals surface area contributed by atoms with Gasteiger partial charge in [-0.2, -0.15) is 8.78 Å². The molecule has 1 amide bonds. The third-order valence-corrected chi connectivity index (χ3v) is 4.24. The molecule has 0 saturated carbocycles. The first kappa shape index (κ1) is 16.5. The van der Waals surface area contributed by atoms with E-state index in [2.05, 4.69) is 14.7 Å². The Morgan fingerprint density at radius 3 is 2.77 bits per heavy atom. The van der Waals surface area contributed by atoms with Gasteiger partial charge in [0.15, 0.2) is 5.75 Å². The number of H-pyrrole nitrogens is 1. The van der Waals surface area contributed by atoms with E-state index in [0.29, 0.717) is 11.3 Å². The predicted octanol–water partition coefficient (Wildman–Crippen LogP) is 3.13. The van der Waals surface area contributed by atoms with Gasteiger partial charge in [0.2, 0.25) is 0 Å². The number of aliphatic hydroxyl groups is 1. The molecule has 2 N–H and O–H groups in total. The summed E-state index contributed by atoms with van der Waals surface area (Å²) >= 11 is 0. The molecule has 0 bridgehead atoms. The lowest BCUT2D eigenvalue weighted by molar-refractivity contribution is -0.193. The Bertz CT molecular complexity index is 967. The number of ether oxygens (including phenoxy) is 1.